The van der Waals surface area contributed by atoms with Gasteiger partial charge in [0.25, 0.3) is 11.8 Å². The lowest BCUT2D eigenvalue weighted by atomic mass is 9.96. The first kappa shape index (κ1) is 23.4. The van der Waals surface area contributed by atoms with Crippen LogP contribution < -0.4 is 0 Å². The van der Waals surface area contributed by atoms with Gasteiger partial charge in [-0.05, 0) is 37.5 Å². The van der Waals surface area contributed by atoms with Crippen molar-refractivity contribution in [2.75, 3.05) is 26.2 Å². The second-order valence-electron chi connectivity index (χ2n) is 7.69. The highest BCUT2D eigenvalue weighted by Gasteiger charge is 2.30. The zero-order chi connectivity index (χ0) is 23.1. The van der Waals surface area contributed by atoms with Crippen LogP contribution in [0.4, 0.5) is 8.78 Å². The number of esters is 1. The van der Waals surface area contributed by atoms with Crippen molar-refractivity contribution in [2.24, 2.45) is 5.92 Å². The molecule has 0 saturated carbocycles. The molecule has 1 heterocycles. The van der Waals surface area contributed by atoms with Gasteiger partial charge in [0.2, 0.25) is 0 Å². The van der Waals surface area contributed by atoms with E-state index in [1.807, 2.05) is 37.3 Å². The van der Waals surface area contributed by atoms with Crippen LogP contribution in [0.1, 0.15) is 35.7 Å². The Balaban J connectivity index is 1.46. The fourth-order valence-corrected chi connectivity index (χ4v) is 3.67. The van der Waals surface area contributed by atoms with Gasteiger partial charge in [0.15, 0.2) is 6.61 Å². The van der Waals surface area contributed by atoms with E-state index in [4.69, 9.17) is 4.74 Å². The molecule has 0 aromatic heterocycles. The number of nitrogens with zero attached hydrogens (tertiary/aromatic N) is 2. The Morgan fingerprint density at radius 3 is 2.38 bits per heavy atom. The predicted molar refractivity (Wildman–Crippen MR) is 113 cm³/mol. The molecule has 2 aromatic rings. The molecule has 0 atom stereocenters. The Hall–Kier alpha value is -3.29. The highest BCUT2D eigenvalue weighted by Crippen LogP contribution is 2.21. The minimum atomic E-state index is -0.911. The number of piperidine rings is 1. The third-order valence-electron chi connectivity index (χ3n) is 5.57. The molecule has 3 rings (SSSR count). The van der Waals surface area contributed by atoms with E-state index in [9.17, 15) is 23.2 Å². The quantitative estimate of drug-likeness (QED) is 0.614. The number of ether oxygens (including phenoxy) is 1. The van der Waals surface area contributed by atoms with Crippen molar-refractivity contribution < 1.29 is 27.9 Å². The van der Waals surface area contributed by atoms with Crippen molar-refractivity contribution in [3.8, 4) is 0 Å². The van der Waals surface area contributed by atoms with E-state index < -0.39 is 29.4 Å². The highest BCUT2D eigenvalue weighted by molar-refractivity contribution is 5.94. The average molecular weight is 444 g/mol. The Labute approximate surface area is 185 Å². The molecule has 6 nitrogen and oxygen atoms in total. The van der Waals surface area contributed by atoms with Gasteiger partial charge in [-0.1, -0.05) is 30.3 Å². The third-order valence-corrected chi connectivity index (χ3v) is 5.57. The van der Waals surface area contributed by atoms with Gasteiger partial charge in [0, 0.05) is 32.2 Å². The lowest BCUT2D eigenvalue weighted by molar-refractivity contribution is -0.156. The van der Waals surface area contributed by atoms with E-state index in [1.165, 1.54) is 4.90 Å². The minimum absolute atomic E-state index is 0.198. The molecule has 1 fully saturated rings. The van der Waals surface area contributed by atoms with Crippen LogP contribution in [0, 0.1) is 17.6 Å². The average Bonchev–Trinajstić information content (AvgIpc) is 2.81. The zero-order valence-electron chi connectivity index (χ0n) is 17.9. The van der Waals surface area contributed by atoms with Crippen LogP contribution in [0.25, 0.3) is 0 Å². The van der Waals surface area contributed by atoms with E-state index in [0.717, 1.165) is 17.7 Å². The normalized spacial score (nSPS) is 14.2. The predicted octanol–water partition coefficient (Wildman–Crippen LogP) is 3.41. The summed E-state index contributed by atoms with van der Waals surface area (Å²) < 4.78 is 32.2. The van der Waals surface area contributed by atoms with Crippen molar-refractivity contribution in [1.29, 1.82) is 0 Å². The van der Waals surface area contributed by atoms with Crippen molar-refractivity contribution >= 4 is 17.8 Å². The van der Waals surface area contributed by atoms with Crippen molar-refractivity contribution in [3.05, 3.63) is 71.3 Å². The van der Waals surface area contributed by atoms with Crippen molar-refractivity contribution in [3.63, 3.8) is 0 Å². The monoisotopic (exact) mass is 444 g/mol. The van der Waals surface area contributed by atoms with Crippen LogP contribution in [0.2, 0.25) is 0 Å². The molecule has 1 aliphatic heterocycles. The van der Waals surface area contributed by atoms with Gasteiger partial charge in [-0.3, -0.25) is 14.4 Å². The number of hydrogen-bond donors (Lipinski definition) is 0. The number of likely N-dealkylation sites (N-methyl/N-ethyl adjacent to an activating group) is 1. The molecule has 0 spiro atoms. The maximum atomic E-state index is 13.9. The molecule has 0 aliphatic carbocycles. The molecule has 170 valence electrons. The Kier molecular flexibility index (Phi) is 7.92. The molecule has 8 heteroatoms. The van der Waals surface area contributed by atoms with Gasteiger partial charge < -0.3 is 14.5 Å². The summed E-state index contributed by atoms with van der Waals surface area (Å²) in [6.07, 6.45) is 0.701. The number of halogens is 2. The smallest absolute Gasteiger partial charge is 0.309 e. The van der Waals surface area contributed by atoms with Crippen LogP contribution in [0.15, 0.2) is 48.5 Å². The van der Waals surface area contributed by atoms with Crippen molar-refractivity contribution in [1.82, 2.24) is 9.80 Å². The van der Waals surface area contributed by atoms with E-state index in [0.29, 0.717) is 32.0 Å². The third kappa shape index (κ3) is 5.90. The second kappa shape index (κ2) is 10.8. The fourth-order valence-electron chi connectivity index (χ4n) is 3.67. The lowest BCUT2D eigenvalue weighted by Crippen LogP contribution is -2.41. The van der Waals surface area contributed by atoms with E-state index in [-0.39, 0.29) is 31.2 Å². The number of amides is 2. The number of hydrogen-bond acceptors (Lipinski definition) is 4. The molecule has 1 aliphatic rings. The summed E-state index contributed by atoms with van der Waals surface area (Å²) in [4.78, 5) is 40.4. The van der Waals surface area contributed by atoms with Crippen LogP contribution in [-0.4, -0.2) is 53.8 Å². The molecule has 32 heavy (non-hydrogen) atoms. The van der Waals surface area contributed by atoms with E-state index >= 15 is 0 Å². The molecule has 0 radical (unpaired) electrons. The number of benzene rings is 2. The number of carbonyl (C=O) groups excluding carboxylic acids is 3. The molecular weight excluding hydrogens is 418 g/mol. The number of likely N-dealkylation sites (tertiary alicyclic amines) is 1. The van der Waals surface area contributed by atoms with Crippen LogP contribution in [-0.2, 0) is 20.9 Å². The summed E-state index contributed by atoms with van der Waals surface area (Å²) >= 11 is 0. The zero-order valence-corrected chi connectivity index (χ0v) is 17.9. The van der Waals surface area contributed by atoms with Gasteiger partial charge in [0.05, 0.1) is 11.5 Å². The molecule has 0 N–H and O–H groups in total. The van der Waals surface area contributed by atoms with Crippen LogP contribution >= 0.6 is 0 Å². The maximum absolute atomic E-state index is 13.9. The molecule has 2 amide bonds. The first-order valence-corrected chi connectivity index (χ1v) is 10.6. The largest absolute Gasteiger partial charge is 0.455 e. The molecule has 0 bridgehead atoms. The van der Waals surface area contributed by atoms with Gasteiger partial charge >= 0.3 is 5.97 Å². The van der Waals surface area contributed by atoms with Gasteiger partial charge in [-0.2, -0.15) is 0 Å². The Morgan fingerprint density at radius 1 is 1.06 bits per heavy atom. The maximum Gasteiger partial charge on any atom is 0.309 e. The summed E-state index contributed by atoms with van der Waals surface area (Å²) in [7, 11) is 0. The molecule has 0 unspecified atom stereocenters. The fraction of sp³-hybridized carbons (Fsp3) is 0.375. The Morgan fingerprint density at radius 2 is 1.75 bits per heavy atom. The van der Waals surface area contributed by atoms with Crippen LogP contribution in [0.5, 0.6) is 0 Å². The van der Waals surface area contributed by atoms with Gasteiger partial charge in [0.1, 0.15) is 11.6 Å². The topological polar surface area (TPSA) is 66.9 Å². The Bertz CT molecular complexity index is 960. The second-order valence-corrected chi connectivity index (χ2v) is 7.69. The summed E-state index contributed by atoms with van der Waals surface area (Å²) in [5.74, 6) is -3.39. The molecular formula is C24H26F2N2O4. The minimum Gasteiger partial charge on any atom is -0.455 e. The summed E-state index contributed by atoms with van der Waals surface area (Å²) in [5.41, 5.74) is 0.791. The van der Waals surface area contributed by atoms with Crippen LogP contribution in [0.3, 0.4) is 0 Å². The molecule has 2 aromatic carbocycles. The SMILES string of the molecule is CCN(Cc1ccccc1)C(=O)COC(=O)C1CCN(C(=O)c2ccc(F)cc2F)CC1. The number of carbonyl (C=O) groups is 3. The highest BCUT2D eigenvalue weighted by atomic mass is 19.1. The number of rotatable bonds is 7. The first-order chi connectivity index (χ1) is 15.4. The summed E-state index contributed by atoms with van der Waals surface area (Å²) in [6.45, 7) is 2.95. The standard InChI is InChI=1S/C24H26F2N2O4/c1-2-27(15-17-6-4-3-5-7-17)22(29)16-32-24(31)18-10-12-28(13-11-18)23(30)20-9-8-19(25)14-21(20)26/h3-9,14,18H,2,10-13,15-16H2,1H3. The van der Waals surface area contributed by atoms with E-state index in [2.05, 4.69) is 0 Å². The van der Waals surface area contributed by atoms with E-state index in [1.54, 1.807) is 4.90 Å². The first-order valence-electron chi connectivity index (χ1n) is 10.6. The van der Waals surface area contributed by atoms with Gasteiger partial charge in [-0.15, -0.1) is 0 Å². The summed E-state index contributed by atoms with van der Waals surface area (Å²) in [6, 6.07) is 12.4. The van der Waals surface area contributed by atoms with Crippen molar-refractivity contribution in [2.45, 2.75) is 26.3 Å². The lowest BCUT2D eigenvalue weighted by Gasteiger charge is -2.31. The van der Waals surface area contributed by atoms with Gasteiger partial charge in [-0.25, -0.2) is 8.78 Å². The summed E-state index contributed by atoms with van der Waals surface area (Å²) in [5, 5.41) is 0. The molecule has 1 saturated heterocycles.